The summed E-state index contributed by atoms with van der Waals surface area (Å²) in [6.45, 7) is 5.66. The highest BCUT2D eigenvalue weighted by Gasteiger charge is 2.25. The Hall–Kier alpha value is -2.11. The highest BCUT2D eigenvalue weighted by atomic mass is 35.5. The van der Waals surface area contributed by atoms with E-state index in [4.69, 9.17) is 23.2 Å². The Bertz CT molecular complexity index is 916. The van der Waals surface area contributed by atoms with Crippen molar-refractivity contribution >= 4 is 34.8 Å². The number of nitrogens with zero attached hydrogens (tertiary/aromatic N) is 3. The molecular weight excluding hydrogens is 347 g/mol. The average Bonchev–Trinajstić information content (AvgIpc) is 2.91. The van der Waals surface area contributed by atoms with Gasteiger partial charge in [-0.3, -0.25) is 4.79 Å². The molecule has 0 saturated heterocycles. The summed E-state index contributed by atoms with van der Waals surface area (Å²) < 4.78 is 1.44. The minimum absolute atomic E-state index is 0.265. The van der Waals surface area contributed by atoms with E-state index in [-0.39, 0.29) is 5.91 Å². The molecule has 3 aromatic rings. The van der Waals surface area contributed by atoms with E-state index in [9.17, 15) is 4.79 Å². The SMILES string of the molecule is Cc1cc(Cl)n2ncc(C(=O)NC(C)(C)c3ccc(Cl)cc3)c2n1. The molecule has 1 N–H and O–H groups in total. The van der Waals surface area contributed by atoms with E-state index in [1.165, 1.54) is 10.7 Å². The quantitative estimate of drug-likeness (QED) is 0.716. The van der Waals surface area contributed by atoms with Crippen molar-refractivity contribution in [1.29, 1.82) is 0 Å². The van der Waals surface area contributed by atoms with Crippen molar-refractivity contribution in [3.8, 4) is 0 Å². The molecule has 0 atom stereocenters. The summed E-state index contributed by atoms with van der Waals surface area (Å²) in [5.41, 5.74) is 1.90. The molecule has 0 radical (unpaired) electrons. The van der Waals surface area contributed by atoms with Gasteiger partial charge in [0.25, 0.3) is 5.91 Å². The third-order valence-electron chi connectivity index (χ3n) is 3.79. The molecule has 5 nitrogen and oxygen atoms in total. The molecule has 1 amide bonds. The van der Waals surface area contributed by atoms with Gasteiger partial charge in [0.2, 0.25) is 0 Å². The van der Waals surface area contributed by atoms with Gasteiger partial charge >= 0.3 is 0 Å². The van der Waals surface area contributed by atoms with Gasteiger partial charge in [0.15, 0.2) is 5.65 Å². The standard InChI is InChI=1S/C17H16Cl2N4O/c1-10-8-14(19)23-15(21-10)13(9-20-23)16(24)22-17(2,3)11-4-6-12(18)7-5-11/h4-9H,1-3H3,(H,22,24). The number of aromatic nitrogens is 3. The molecule has 7 heteroatoms. The first kappa shape index (κ1) is 16.7. The zero-order valence-corrected chi connectivity index (χ0v) is 15.0. The van der Waals surface area contributed by atoms with Crippen molar-refractivity contribution in [3.05, 3.63) is 63.5 Å². The number of carbonyl (C=O) groups is 1. The summed E-state index contributed by atoms with van der Waals surface area (Å²) in [6, 6.07) is 9.06. The average molecular weight is 363 g/mol. The Labute approximate surface area is 149 Å². The summed E-state index contributed by atoms with van der Waals surface area (Å²) in [7, 11) is 0. The van der Waals surface area contributed by atoms with Crippen LogP contribution in [-0.2, 0) is 5.54 Å². The number of aryl methyl sites for hydroxylation is 1. The van der Waals surface area contributed by atoms with Crippen LogP contribution in [0.1, 0.15) is 35.5 Å². The summed E-state index contributed by atoms with van der Waals surface area (Å²) in [5, 5.41) is 8.21. The van der Waals surface area contributed by atoms with Crippen molar-refractivity contribution in [2.24, 2.45) is 0 Å². The van der Waals surface area contributed by atoms with Gasteiger partial charge in [-0.2, -0.15) is 5.10 Å². The molecule has 124 valence electrons. The van der Waals surface area contributed by atoms with E-state index in [2.05, 4.69) is 15.4 Å². The number of benzene rings is 1. The van der Waals surface area contributed by atoms with Gasteiger partial charge in [-0.25, -0.2) is 9.50 Å². The van der Waals surface area contributed by atoms with E-state index in [1.807, 2.05) is 32.9 Å². The van der Waals surface area contributed by atoms with E-state index in [0.29, 0.717) is 21.4 Å². The van der Waals surface area contributed by atoms with Crippen LogP contribution in [0.15, 0.2) is 36.5 Å². The van der Waals surface area contributed by atoms with Gasteiger partial charge in [0.05, 0.1) is 11.7 Å². The van der Waals surface area contributed by atoms with Gasteiger partial charge in [0, 0.05) is 10.7 Å². The molecule has 2 heterocycles. The Morgan fingerprint density at radius 3 is 2.54 bits per heavy atom. The van der Waals surface area contributed by atoms with Crippen LogP contribution >= 0.6 is 23.2 Å². The maximum Gasteiger partial charge on any atom is 0.257 e. The third kappa shape index (κ3) is 3.09. The number of rotatable bonds is 3. The largest absolute Gasteiger partial charge is 0.343 e. The van der Waals surface area contributed by atoms with Crippen LogP contribution in [-0.4, -0.2) is 20.5 Å². The van der Waals surface area contributed by atoms with Gasteiger partial charge < -0.3 is 5.32 Å². The topological polar surface area (TPSA) is 59.3 Å². The third-order valence-corrected chi connectivity index (χ3v) is 4.31. The van der Waals surface area contributed by atoms with E-state index in [0.717, 1.165) is 11.3 Å². The van der Waals surface area contributed by atoms with Crippen LogP contribution in [0.3, 0.4) is 0 Å². The smallest absolute Gasteiger partial charge is 0.257 e. The number of amides is 1. The molecule has 0 aliphatic carbocycles. The molecular formula is C17H16Cl2N4O. The zero-order valence-electron chi connectivity index (χ0n) is 13.5. The Kier molecular flexibility index (Phi) is 4.24. The lowest BCUT2D eigenvalue weighted by atomic mass is 9.94. The fourth-order valence-electron chi connectivity index (χ4n) is 2.49. The molecule has 0 fully saturated rings. The van der Waals surface area contributed by atoms with Crippen LogP contribution in [0.4, 0.5) is 0 Å². The second-order valence-electron chi connectivity index (χ2n) is 6.10. The summed E-state index contributed by atoms with van der Waals surface area (Å²) in [6.07, 6.45) is 1.47. The molecule has 0 bridgehead atoms. The molecule has 0 aliphatic rings. The van der Waals surface area contributed by atoms with Crippen LogP contribution < -0.4 is 5.32 Å². The van der Waals surface area contributed by atoms with E-state index in [1.54, 1.807) is 18.2 Å². The predicted molar refractivity (Wildman–Crippen MR) is 94.7 cm³/mol. The zero-order chi connectivity index (χ0) is 17.5. The first-order chi connectivity index (χ1) is 11.3. The van der Waals surface area contributed by atoms with Gasteiger partial charge in [-0.15, -0.1) is 0 Å². The molecule has 2 aromatic heterocycles. The molecule has 1 aromatic carbocycles. The normalized spacial score (nSPS) is 11.7. The molecule has 24 heavy (non-hydrogen) atoms. The lowest BCUT2D eigenvalue weighted by molar-refractivity contribution is 0.0913. The lowest BCUT2D eigenvalue weighted by Gasteiger charge is -2.26. The number of halogens is 2. The Morgan fingerprint density at radius 1 is 1.21 bits per heavy atom. The van der Waals surface area contributed by atoms with Crippen molar-refractivity contribution < 1.29 is 4.79 Å². The van der Waals surface area contributed by atoms with Crippen LogP contribution in [0, 0.1) is 6.92 Å². The fraction of sp³-hybridized carbons (Fsp3) is 0.235. The van der Waals surface area contributed by atoms with Gasteiger partial charge in [-0.05, 0) is 44.5 Å². The van der Waals surface area contributed by atoms with Gasteiger partial charge in [0.1, 0.15) is 10.7 Å². The van der Waals surface area contributed by atoms with Crippen molar-refractivity contribution in [1.82, 2.24) is 19.9 Å². The van der Waals surface area contributed by atoms with E-state index < -0.39 is 5.54 Å². The second kappa shape index (κ2) is 6.07. The van der Waals surface area contributed by atoms with Crippen molar-refractivity contribution in [2.75, 3.05) is 0 Å². The fourth-order valence-corrected chi connectivity index (χ4v) is 2.90. The second-order valence-corrected chi connectivity index (χ2v) is 6.92. The van der Waals surface area contributed by atoms with Crippen molar-refractivity contribution in [3.63, 3.8) is 0 Å². The predicted octanol–water partition coefficient (Wildman–Crippen LogP) is 4.01. The minimum Gasteiger partial charge on any atom is -0.343 e. The van der Waals surface area contributed by atoms with Crippen LogP contribution in [0.5, 0.6) is 0 Å². The number of hydrogen-bond donors (Lipinski definition) is 1. The number of hydrogen-bond acceptors (Lipinski definition) is 3. The first-order valence-corrected chi connectivity index (χ1v) is 8.13. The Morgan fingerprint density at radius 2 is 1.88 bits per heavy atom. The maximum absolute atomic E-state index is 12.7. The first-order valence-electron chi connectivity index (χ1n) is 7.37. The van der Waals surface area contributed by atoms with Crippen LogP contribution in [0.25, 0.3) is 5.65 Å². The van der Waals surface area contributed by atoms with Crippen molar-refractivity contribution in [2.45, 2.75) is 26.3 Å². The molecule has 0 aliphatic heterocycles. The van der Waals surface area contributed by atoms with Crippen LogP contribution in [0.2, 0.25) is 10.2 Å². The Balaban J connectivity index is 1.93. The van der Waals surface area contributed by atoms with E-state index >= 15 is 0 Å². The molecule has 0 unspecified atom stereocenters. The minimum atomic E-state index is -0.580. The number of nitrogens with one attached hydrogen (secondary N) is 1. The summed E-state index contributed by atoms with van der Waals surface area (Å²) in [5.74, 6) is -0.265. The highest BCUT2D eigenvalue weighted by Crippen LogP contribution is 2.23. The molecule has 0 saturated carbocycles. The summed E-state index contributed by atoms with van der Waals surface area (Å²) >= 11 is 12.1. The maximum atomic E-state index is 12.7. The summed E-state index contributed by atoms with van der Waals surface area (Å²) in [4.78, 5) is 17.1. The molecule has 0 spiro atoms. The van der Waals surface area contributed by atoms with Gasteiger partial charge in [-0.1, -0.05) is 35.3 Å². The number of carbonyl (C=O) groups excluding carboxylic acids is 1. The highest BCUT2D eigenvalue weighted by molar-refractivity contribution is 6.30. The monoisotopic (exact) mass is 362 g/mol. The number of fused-ring (bicyclic) bond motifs is 1. The molecule has 3 rings (SSSR count). The lowest BCUT2D eigenvalue weighted by Crippen LogP contribution is -2.41.